The van der Waals surface area contributed by atoms with Gasteiger partial charge in [0, 0.05) is 24.7 Å². The Morgan fingerprint density at radius 3 is 2.45 bits per heavy atom. The van der Waals surface area contributed by atoms with E-state index in [0.29, 0.717) is 6.54 Å². The van der Waals surface area contributed by atoms with Crippen molar-refractivity contribution in [3.8, 4) is 0 Å². The molecule has 3 nitrogen and oxygen atoms in total. The van der Waals surface area contributed by atoms with E-state index in [1.165, 1.54) is 16.7 Å². The summed E-state index contributed by atoms with van der Waals surface area (Å²) in [6, 6.07) is 15.8. The average Bonchev–Trinajstić information content (AvgIpc) is 2.52. The number of pyridine rings is 2. The van der Waals surface area contributed by atoms with Crippen LogP contribution in [0.2, 0.25) is 0 Å². The molecule has 1 aromatic carbocycles. The van der Waals surface area contributed by atoms with E-state index in [-0.39, 0.29) is 5.56 Å². The van der Waals surface area contributed by atoms with E-state index in [0.717, 1.165) is 12.0 Å². The summed E-state index contributed by atoms with van der Waals surface area (Å²) < 4.78 is 1.71. The molecule has 0 bridgehead atoms. The van der Waals surface area contributed by atoms with Gasteiger partial charge in [-0.2, -0.15) is 0 Å². The van der Waals surface area contributed by atoms with Gasteiger partial charge in [0.25, 0.3) is 5.56 Å². The van der Waals surface area contributed by atoms with Gasteiger partial charge in [-0.15, -0.1) is 0 Å². The van der Waals surface area contributed by atoms with Gasteiger partial charge in [0.05, 0.1) is 6.54 Å². The quantitative estimate of drug-likeness (QED) is 0.739. The van der Waals surface area contributed by atoms with E-state index < -0.39 is 0 Å². The summed E-state index contributed by atoms with van der Waals surface area (Å²) in [5, 5.41) is 0. The Morgan fingerprint density at radius 1 is 0.955 bits per heavy atom. The molecule has 110 valence electrons. The first-order valence-electron chi connectivity index (χ1n) is 7.34. The minimum atomic E-state index is 0.0254. The van der Waals surface area contributed by atoms with Gasteiger partial charge >= 0.3 is 0 Å². The number of nitrogens with zero attached hydrogens (tertiary/aromatic N) is 2. The van der Waals surface area contributed by atoms with Gasteiger partial charge < -0.3 is 4.57 Å². The molecule has 2 aromatic heterocycles. The molecular weight excluding hydrogens is 272 g/mol. The molecule has 0 saturated carbocycles. The molecular formula is C19H18N2O. The molecule has 0 radical (unpaired) electrons. The highest BCUT2D eigenvalue weighted by molar-refractivity contribution is 5.29. The number of aromatic nitrogens is 2. The van der Waals surface area contributed by atoms with Gasteiger partial charge in [0.2, 0.25) is 0 Å². The zero-order valence-corrected chi connectivity index (χ0v) is 12.6. The second-order valence-corrected chi connectivity index (χ2v) is 5.53. The second kappa shape index (κ2) is 6.39. The van der Waals surface area contributed by atoms with E-state index in [1.54, 1.807) is 16.7 Å². The van der Waals surface area contributed by atoms with E-state index >= 15 is 0 Å². The molecule has 2 heterocycles. The highest BCUT2D eigenvalue weighted by Gasteiger charge is 2.00. The third-order valence-electron chi connectivity index (χ3n) is 3.61. The maximum atomic E-state index is 11.7. The van der Waals surface area contributed by atoms with E-state index in [2.05, 4.69) is 42.2 Å². The predicted octanol–water partition coefficient (Wildman–Crippen LogP) is 3.19. The lowest BCUT2D eigenvalue weighted by Gasteiger charge is -2.07. The summed E-state index contributed by atoms with van der Waals surface area (Å²) in [6.45, 7) is 2.66. The summed E-state index contributed by atoms with van der Waals surface area (Å²) in [6.07, 6.45) is 6.46. The van der Waals surface area contributed by atoms with E-state index in [4.69, 9.17) is 0 Å². The van der Waals surface area contributed by atoms with Gasteiger partial charge in [-0.1, -0.05) is 36.4 Å². The first-order chi connectivity index (χ1) is 10.7. The van der Waals surface area contributed by atoms with Crippen LogP contribution in [0.15, 0.2) is 71.9 Å². The third-order valence-corrected chi connectivity index (χ3v) is 3.61. The van der Waals surface area contributed by atoms with Crippen molar-refractivity contribution in [3.63, 3.8) is 0 Å². The van der Waals surface area contributed by atoms with Gasteiger partial charge in [0.15, 0.2) is 0 Å². The lowest BCUT2D eigenvalue weighted by molar-refractivity contribution is 0.759. The van der Waals surface area contributed by atoms with Crippen molar-refractivity contribution in [3.05, 3.63) is 99.7 Å². The Labute approximate surface area is 129 Å². The average molecular weight is 290 g/mol. The van der Waals surface area contributed by atoms with Gasteiger partial charge in [-0.3, -0.25) is 9.78 Å². The molecule has 0 amide bonds. The second-order valence-electron chi connectivity index (χ2n) is 5.53. The molecule has 0 aliphatic carbocycles. The minimum absolute atomic E-state index is 0.0254. The zero-order chi connectivity index (χ0) is 15.4. The van der Waals surface area contributed by atoms with Crippen molar-refractivity contribution in [2.45, 2.75) is 19.9 Å². The monoisotopic (exact) mass is 290 g/mol. The van der Waals surface area contributed by atoms with Gasteiger partial charge in [0.1, 0.15) is 0 Å². The van der Waals surface area contributed by atoms with Gasteiger partial charge in [-0.05, 0) is 41.7 Å². The van der Waals surface area contributed by atoms with E-state index in [9.17, 15) is 4.79 Å². The molecule has 0 unspecified atom stereocenters. The number of rotatable bonds is 4. The highest BCUT2D eigenvalue weighted by atomic mass is 16.1. The molecule has 0 spiro atoms. The van der Waals surface area contributed by atoms with Crippen molar-refractivity contribution >= 4 is 0 Å². The van der Waals surface area contributed by atoms with Crippen LogP contribution in [0.25, 0.3) is 0 Å². The fourth-order valence-electron chi connectivity index (χ4n) is 2.50. The fourth-order valence-corrected chi connectivity index (χ4v) is 2.50. The van der Waals surface area contributed by atoms with Crippen molar-refractivity contribution in [2.75, 3.05) is 0 Å². The Hall–Kier alpha value is -2.68. The SMILES string of the molecule is Cc1cncc(Cc2ccc(Cn3ccccc3=O)cc2)c1. The molecule has 3 heteroatoms. The number of hydrogen-bond acceptors (Lipinski definition) is 2. The predicted molar refractivity (Wildman–Crippen MR) is 88.0 cm³/mol. The topological polar surface area (TPSA) is 34.9 Å². The molecule has 3 rings (SSSR count). The van der Waals surface area contributed by atoms with Crippen LogP contribution < -0.4 is 5.56 Å². The van der Waals surface area contributed by atoms with Crippen LogP contribution in [0.5, 0.6) is 0 Å². The zero-order valence-electron chi connectivity index (χ0n) is 12.6. The molecule has 22 heavy (non-hydrogen) atoms. The Morgan fingerprint density at radius 2 is 1.73 bits per heavy atom. The molecule has 0 N–H and O–H groups in total. The molecule has 0 aliphatic heterocycles. The molecule has 0 saturated heterocycles. The molecule has 0 atom stereocenters. The van der Waals surface area contributed by atoms with Crippen molar-refractivity contribution in [1.82, 2.24) is 9.55 Å². The first kappa shape index (κ1) is 14.3. The maximum absolute atomic E-state index is 11.7. The summed E-state index contributed by atoms with van der Waals surface area (Å²) in [4.78, 5) is 15.9. The minimum Gasteiger partial charge on any atom is -0.311 e. The van der Waals surface area contributed by atoms with Crippen LogP contribution in [0.1, 0.15) is 22.3 Å². The molecule has 0 aliphatic rings. The Kier molecular flexibility index (Phi) is 4.15. The van der Waals surface area contributed by atoms with Crippen LogP contribution in [0, 0.1) is 6.92 Å². The summed E-state index contributed by atoms with van der Waals surface area (Å²) in [7, 11) is 0. The van der Waals surface area contributed by atoms with Crippen molar-refractivity contribution in [2.24, 2.45) is 0 Å². The summed E-state index contributed by atoms with van der Waals surface area (Å²) in [5.74, 6) is 0. The Balaban J connectivity index is 1.73. The number of aryl methyl sites for hydroxylation is 1. The molecule has 0 fully saturated rings. The largest absolute Gasteiger partial charge is 0.311 e. The summed E-state index contributed by atoms with van der Waals surface area (Å²) >= 11 is 0. The van der Waals surface area contributed by atoms with Crippen molar-refractivity contribution in [1.29, 1.82) is 0 Å². The standard InChI is InChI=1S/C19H18N2O/c1-15-10-18(13-20-12-15)11-16-5-7-17(8-6-16)14-21-9-3-2-4-19(21)22/h2-10,12-13H,11,14H2,1H3. The van der Waals surface area contributed by atoms with Crippen LogP contribution in [0.3, 0.4) is 0 Å². The van der Waals surface area contributed by atoms with Gasteiger partial charge in [-0.25, -0.2) is 0 Å². The Bertz CT molecular complexity index is 819. The fraction of sp³-hybridized carbons (Fsp3) is 0.158. The van der Waals surface area contributed by atoms with Crippen molar-refractivity contribution < 1.29 is 0 Å². The van der Waals surface area contributed by atoms with Crippen LogP contribution >= 0.6 is 0 Å². The first-order valence-corrected chi connectivity index (χ1v) is 7.34. The highest BCUT2D eigenvalue weighted by Crippen LogP contribution is 2.12. The number of hydrogen-bond donors (Lipinski definition) is 0. The molecule has 3 aromatic rings. The smallest absolute Gasteiger partial charge is 0.250 e. The van der Waals surface area contributed by atoms with Crippen LogP contribution in [-0.2, 0) is 13.0 Å². The normalized spacial score (nSPS) is 10.6. The maximum Gasteiger partial charge on any atom is 0.250 e. The third kappa shape index (κ3) is 3.50. The van der Waals surface area contributed by atoms with Crippen LogP contribution in [0.4, 0.5) is 0 Å². The van der Waals surface area contributed by atoms with Crippen LogP contribution in [-0.4, -0.2) is 9.55 Å². The number of benzene rings is 1. The lowest BCUT2D eigenvalue weighted by Crippen LogP contribution is -2.18. The van der Waals surface area contributed by atoms with E-state index in [1.807, 2.05) is 24.7 Å². The lowest BCUT2D eigenvalue weighted by atomic mass is 10.0. The summed E-state index contributed by atoms with van der Waals surface area (Å²) in [5.41, 5.74) is 4.79.